The highest BCUT2D eigenvalue weighted by molar-refractivity contribution is 5.71. The standard InChI is InChI=1S/C12H12N2O2/c1-7-2-3-9-8(4-5-15-9)12(7)10-6-11(13)14-16-10/h2-3,6H,4-5H2,1H3,(H2,13,14). The zero-order chi connectivity index (χ0) is 11.1. The third kappa shape index (κ3) is 1.26. The van der Waals surface area contributed by atoms with E-state index in [0.29, 0.717) is 5.82 Å². The summed E-state index contributed by atoms with van der Waals surface area (Å²) < 4.78 is 10.8. The fourth-order valence-corrected chi connectivity index (χ4v) is 2.14. The number of nitrogen functional groups attached to an aromatic ring is 1. The molecule has 0 amide bonds. The maximum Gasteiger partial charge on any atom is 0.169 e. The molecule has 2 aromatic rings. The van der Waals surface area contributed by atoms with E-state index in [1.807, 2.05) is 19.1 Å². The zero-order valence-corrected chi connectivity index (χ0v) is 8.99. The van der Waals surface area contributed by atoms with Crippen LogP contribution in [0.5, 0.6) is 5.75 Å². The van der Waals surface area contributed by atoms with E-state index in [9.17, 15) is 0 Å². The number of aromatic nitrogens is 1. The smallest absolute Gasteiger partial charge is 0.169 e. The largest absolute Gasteiger partial charge is 0.493 e. The molecule has 0 spiro atoms. The minimum absolute atomic E-state index is 0.408. The molecule has 4 heteroatoms. The summed E-state index contributed by atoms with van der Waals surface area (Å²) in [5.41, 5.74) is 8.99. The molecule has 2 N–H and O–H groups in total. The number of ether oxygens (including phenoxy) is 1. The highest BCUT2D eigenvalue weighted by atomic mass is 16.5. The molecule has 3 rings (SSSR count). The van der Waals surface area contributed by atoms with Gasteiger partial charge in [0.25, 0.3) is 0 Å². The van der Waals surface area contributed by atoms with Crippen LogP contribution in [0.4, 0.5) is 5.82 Å². The molecule has 1 aromatic heterocycles. The molecule has 4 nitrogen and oxygen atoms in total. The first kappa shape index (κ1) is 9.27. The molecule has 1 aliphatic heterocycles. The van der Waals surface area contributed by atoms with Crippen molar-refractivity contribution < 1.29 is 9.26 Å². The average molecular weight is 216 g/mol. The Kier molecular flexibility index (Phi) is 1.89. The van der Waals surface area contributed by atoms with Gasteiger partial charge in [0.15, 0.2) is 11.6 Å². The van der Waals surface area contributed by atoms with Crippen molar-refractivity contribution in [3.05, 3.63) is 29.3 Å². The van der Waals surface area contributed by atoms with Gasteiger partial charge in [0, 0.05) is 23.6 Å². The summed E-state index contributed by atoms with van der Waals surface area (Å²) in [7, 11) is 0. The lowest BCUT2D eigenvalue weighted by Gasteiger charge is -2.07. The van der Waals surface area contributed by atoms with E-state index in [0.717, 1.165) is 35.7 Å². The molecular formula is C12H12N2O2. The second kappa shape index (κ2) is 3.27. The van der Waals surface area contributed by atoms with E-state index in [-0.39, 0.29) is 0 Å². The van der Waals surface area contributed by atoms with Crippen LogP contribution in [0.2, 0.25) is 0 Å². The lowest BCUT2D eigenvalue weighted by Crippen LogP contribution is -1.89. The van der Waals surface area contributed by atoms with Crippen molar-refractivity contribution in [3.8, 4) is 17.1 Å². The quantitative estimate of drug-likeness (QED) is 0.793. The van der Waals surface area contributed by atoms with Crippen molar-refractivity contribution in [1.82, 2.24) is 5.16 Å². The first-order valence-corrected chi connectivity index (χ1v) is 5.23. The molecule has 1 aliphatic rings. The van der Waals surface area contributed by atoms with Crippen LogP contribution in [0.3, 0.4) is 0 Å². The van der Waals surface area contributed by atoms with Gasteiger partial charge in [-0.2, -0.15) is 0 Å². The monoisotopic (exact) mass is 216 g/mol. The number of nitrogens with two attached hydrogens (primary N) is 1. The van der Waals surface area contributed by atoms with Crippen molar-refractivity contribution >= 4 is 5.82 Å². The van der Waals surface area contributed by atoms with Crippen LogP contribution >= 0.6 is 0 Å². The fourth-order valence-electron chi connectivity index (χ4n) is 2.14. The molecule has 0 bridgehead atoms. The third-order valence-electron chi connectivity index (χ3n) is 2.86. The normalized spacial score (nSPS) is 13.6. The van der Waals surface area contributed by atoms with Crippen LogP contribution in [0.15, 0.2) is 22.7 Å². The minimum Gasteiger partial charge on any atom is -0.493 e. The zero-order valence-electron chi connectivity index (χ0n) is 8.99. The molecule has 82 valence electrons. The molecule has 0 aliphatic carbocycles. The van der Waals surface area contributed by atoms with Gasteiger partial charge in [-0.05, 0) is 18.6 Å². The van der Waals surface area contributed by atoms with Crippen LogP contribution in [0.1, 0.15) is 11.1 Å². The Morgan fingerprint density at radius 2 is 2.25 bits per heavy atom. The van der Waals surface area contributed by atoms with Gasteiger partial charge in [-0.3, -0.25) is 0 Å². The van der Waals surface area contributed by atoms with Gasteiger partial charge < -0.3 is 15.0 Å². The molecule has 1 aromatic carbocycles. The number of benzene rings is 1. The Morgan fingerprint density at radius 1 is 1.38 bits per heavy atom. The number of aryl methyl sites for hydroxylation is 1. The summed E-state index contributed by atoms with van der Waals surface area (Å²) in [6.45, 7) is 2.78. The number of hydrogen-bond donors (Lipinski definition) is 1. The topological polar surface area (TPSA) is 61.3 Å². The van der Waals surface area contributed by atoms with Crippen molar-refractivity contribution in [2.75, 3.05) is 12.3 Å². The third-order valence-corrected chi connectivity index (χ3v) is 2.86. The lowest BCUT2D eigenvalue weighted by molar-refractivity contribution is 0.357. The van der Waals surface area contributed by atoms with Gasteiger partial charge in [-0.15, -0.1) is 0 Å². The van der Waals surface area contributed by atoms with Crippen molar-refractivity contribution in [3.63, 3.8) is 0 Å². The molecular weight excluding hydrogens is 204 g/mol. The Morgan fingerprint density at radius 3 is 3.00 bits per heavy atom. The van der Waals surface area contributed by atoms with Gasteiger partial charge in [-0.1, -0.05) is 11.2 Å². The predicted octanol–water partition coefficient (Wildman–Crippen LogP) is 2.17. The average Bonchev–Trinajstić information content (AvgIpc) is 2.86. The summed E-state index contributed by atoms with van der Waals surface area (Å²) in [4.78, 5) is 0. The van der Waals surface area contributed by atoms with E-state index in [1.54, 1.807) is 6.07 Å². The molecule has 0 fully saturated rings. The molecule has 2 heterocycles. The van der Waals surface area contributed by atoms with Crippen LogP contribution in [-0.2, 0) is 6.42 Å². The highest BCUT2D eigenvalue weighted by Crippen LogP contribution is 2.37. The Balaban J connectivity index is 2.23. The number of fused-ring (bicyclic) bond motifs is 1. The first-order valence-electron chi connectivity index (χ1n) is 5.23. The summed E-state index contributed by atoms with van der Waals surface area (Å²) >= 11 is 0. The Bertz CT molecular complexity index is 546. The number of rotatable bonds is 1. The lowest BCUT2D eigenvalue weighted by atomic mass is 9.98. The molecule has 0 saturated carbocycles. The van der Waals surface area contributed by atoms with E-state index in [4.69, 9.17) is 15.0 Å². The first-order chi connectivity index (χ1) is 7.75. The number of nitrogens with zero attached hydrogens (tertiary/aromatic N) is 1. The highest BCUT2D eigenvalue weighted by Gasteiger charge is 2.21. The molecule has 0 radical (unpaired) electrons. The number of anilines is 1. The predicted molar refractivity (Wildman–Crippen MR) is 60.3 cm³/mol. The van der Waals surface area contributed by atoms with Gasteiger partial charge in [0.2, 0.25) is 0 Å². The van der Waals surface area contributed by atoms with Gasteiger partial charge in [0.05, 0.1) is 6.61 Å². The summed E-state index contributed by atoms with van der Waals surface area (Å²) in [6, 6.07) is 5.78. The second-order valence-corrected chi connectivity index (χ2v) is 3.95. The fraction of sp³-hybridized carbons (Fsp3) is 0.250. The van der Waals surface area contributed by atoms with E-state index < -0.39 is 0 Å². The Labute approximate surface area is 93.0 Å². The SMILES string of the molecule is Cc1ccc2c(c1-c1cc(N)no1)CCO2. The van der Waals surface area contributed by atoms with Gasteiger partial charge in [0.1, 0.15) is 5.75 Å². The van der Waals surface area contributed by atoms with Crippen molar-refractivity contribution in [2.45, 2.75) is 13.3 Å². The second-order valence-electron chi connectivity index (χ2n) is 3.95. The Hall–Kier alpha value is -1.97. The van der Waals surface area contributed by atoms with E-state index in [1.165, 1.54) is 5.56 Å². The summed E-state index contributed by atoms with van der Waals surface area (Å²) in [6.07, 6.45) is 0.910. The van der Waals surface area contributed by atoms with E-state index >= 15 is 0 Å². The maximum atomic E-state index is 5.58. The number of hydrogen-bond acceptors (Lipinski definition) is 4. The summed E-state index contributed by atoms with van der Waals surface area (Å²) in [5, 5.41) is 3.72. The van der Waals surface area contributed by atoms with Crippen LogP contribution in [0, 0.1) is 6.92 Å². The molecule has 0 atom stereocenters. The van der Waals surface area contributed by atoms with Crippen LogP contribution in [0.25, 0.3) is 11.3 Å². The van der Waals surface area contributed by atoms with Crippen molar-refractivity contribution in [1.29, 1.82) is 0 Å². The molecule has 0 saturated heterocycles. The van der Waals surface area contributed by atoms with Crippen LogP contribution in [-0.4, -0.2) is 11.8 Å². The van der Waals surface area contributed by atoms with Gasteiger partial charge >= 0.3 is 0 Å². The maximum absolute atomic E-state index is 5.58. The van der Waals surface area contributed by atoms with E-state index in [2.05, 4.69) is 5.16 Å². The van der Waals surface area contributed by atoms with Gasteiger partial charge in [-0.25, -0.2) is 0 Å². The molecule has 0 unspecified atom stereocenters. The van der Waals surface area contributed by atoms with Crippen LogP contribution < -0.4 is 10.5 Å². The van der Waals surface area contributed by atoms with Crippen molar-refractivity contribution in [2.24, 2.45) is 0 Å². The minimum atomic E-state index is 0.408. The summed E-state index contributed by atoms with van der Waals surface area (Å²) in [5.74, 6) is 2.07. The molecule has 16 heavy (non-hydrogen) atoms.